The van der Waals surface area contributed by atoms with Gasteiger partial charge in [0.2, 0.25) is 0 Å². The van der Waals surface area contributed by atoms with Crippen molar-refractivity contribution in [3.8, 4) is 0 Å². The van der Waals surface area contributed by atoms with Crippen LogP contribution in [-0.2, 0) is 61.3 Å². The Morgan fingerprint density at radius 3 is 0.267 bits per heavy atom. The first-order chi connectivity index (χ1) is 6.00. The van der Waals surface area contributed by atoms with Crippen LogP contribution in [0.3, 0.4) is 0 Å². The van der Waals surface area contributed by atoms with Gasteiger partial charge in [0.15, 0.2) is 0 Å². The predicted molar refractivity (Wildman–Crippen MR) is 29.8 cm³/mol. The number of nitrogens with zero attached hydrogens (tertiary/aromatic N) is 6. The van der Waals surface area contributed by atoms with E-state index in [1.165, 1.54) is 0 Å². The van der Waals surface area contributed by atoms with Crippen LogP contribution >= 0.6 is 0 Å². The summed E-state index contributed by atoms with van der Waals surface area (Å²) >= 11 is 0. The van der Waals surface area contributed by atoms with Crippen molar-refractivity contribution in [3.05, 3.63) is 39.4 Å². The fourth-order valence-electron chi connectivity index (χ4n) is 0. The maximum absolute atomic E-state index is 6.25. The van der Waals surface area contributed by atoms with Crippen LogP contribution in [0.25, 0.3) is 0 Å². The van der Waals surface area contributed by atoms with Gasteiger partial charge in [0.05, 0.1) is 0 Å². The maximum Gasteiger partial charge on any atom is 2.00 e. The van der Waals surface area contributed by atoms with Crippen molar-refractivity contribution in [1.82, 2.24) is 0 Å². The van der Waals surface area contributed by atoms with Gasteiger partial charge in [-0.3, -0.25) is 0 Å². The zero-order valence-electron chi connectivity index (χ0n) is 6.63. The van der Waals surface area contributed by atoms with Gasteiger partial charge in [-0.15, -0.1) is 0 Å². The van der Waals surface area contributed by atoms with Gasteiger partial charge in [-0.1, -0.05) is 0 Å². The SMILES string of the molecule is [C-]#N.[C-]#N.[C-]#N.[C-]#N.[C-]#N.[C-]#N.[Pd+2].[Pd+2].[Pd+2]. The molecule has 0 aromatic heterocycles. The average molecular weight is 475 g/mol. The molecule has 0 atom stereocenters. The molecule has 0 saturated carbocycles. The Bertz CT molecular complexity index is 97.9. The standard InChI is InChI=1S/6CN.3Pd/c6*1-2;;;/q6*-1;3*+2. The first-order valence-electron chi connectivity index (χ1n) is 1.34. The van der Waals surface area contributed by atoms with E-state index >= 15 is 0 Å². The monoisotopic (exact) mass is 474 g/mol. The largest absolute Gasteiger partial charge is 2.00 e. The molecule has 0 heterocycles. The third-order valence-corrected chi connectivity index (χ3v) is 0. The summed E-state index contributed by atoms with van der Waals surface area (Å²) in [6.45, 7) is 28.5. The molecular formula is C6N6Pd3. The second-order valence-corrected chi connectivity index (χ2v) is 0. The van der Waals surface area contributed by atoms with Crippen LogP contribution in [0.4, 0.5) is 0 Å². The molecule has 0 aliphatic carbocycles. The number of rotatable bonds is 0. The molecule has 0 N–H and O–H groups in total. The van der Waals surface area contributed by atoms with Gasteiger partial charge < -0.3 is 71.0 Å². The smallest absolute Gasteiger partial charge is 0.512 e. The Balaban J connectivity index is -0.00000000396. The molecule has 0 spiro atoms. The van der Waals surface area contributed by atoms with Gasteiger partial charge in [-0.25, -0.2) is 0 Å². The maximum atomic E-state index is 6.25. The van der Waals surface area contributed by atoms with Crippen LogP contribution in [-0.4, -0.2) is 0 Å². The molecule has 0 bridgehead atoms. The summed E-state index contributed by atoms with van der Waals surface area (Å²) in [5, 5.41) is 37.5. The predicted octanol–water partition coefficient (Wildman–Crippen LogP) is 0.571. The quantitative estimate of drug-likeness (QED) is 0.370. The first kappa shape index (κ1) is 95.9. The van der Waals surface area contributed by atoms with E-state index in [0.29, 0.717) is 0 Å². The molecule has 0 saturated heterocycles. The van der Waals surface area contributed by atoms with E-state index in [9.17, 15) is 0 Å². The number of hydrogen-bond acceptors (Lipinski definition) is 6. The Labute approximate surface area is 131 Å². The van der Waals surface area contributed by atoms with Gasteiger partial charge in [0.25, 0.3) is 0 Å². The van der Waals surface area contributed by atoms with Crippen molar-refractivity contribution >= 4 is 0 Å². The van der Waals surface area contributed by atoms with Gasteiger partial charge in [0, 0.05) is 0 Å². The number of hydrogen-bond donors (Lipinski definition) is 0. The van der Waals surface area contributed by atoms with Crippen LogP contribution in [0.1, 0.15) is 0 Å². The molecule has 0 aromatic carbocycles. The second kappa shape index (κ2) is 1600. The zero-order valence-corrected chi connectivity index (χ0v) is 11.3. The topological polar surface area (TPSA) is 143 Å². The molecule has 9 heteroatoms. The summed E-state index contributed by atoms with van der Waals surface area (Å²) in [6, 6.07) is 0. The van der Waals surface area contributed by atoms with E-state index in [-0.39, 0.29) is 61.3 Å². The molecule has 0 aromatic rings. The summed E-state index contributed by atoms with van der Waals surface area (Å²) in [7, 11) is 0. The minimum atomic E-state index is 0. The van der Waals surface area contributed by atoms with Gasteiger partial charge in [0.1, 0.15) is 0 Å². The van der Waals surface area contributed by atoms with Crippen molar-refractivity contribution in [3.63, 3.8) is 0 Å². The van der Waals surface area contributed by atoms with Gasteiger partial charge >= 0.3 is 61.3 Å². The van der Waals surface area contributed by atoms with Crippen LogP contribution in [0, 0.1) is 71.0 Å². The van der Waals surface area contributed by atoms with Gasteiger partial charge in [-0.05, 0) is 0 Å². The molecule has 84 valence electrons. The van der Waals surface area contributed by atoms with Gasteiger partial charge in [-0.2, -0.15) is 0 Å². The third kappa shape index (κ3) is 1340. The van der Waals surface area contributed by atoms with E-state index in [0.717, 1.165) is 0 Å². The first-order valence-corrected chi connectivity index (χ1v) is 1.34. The minimum absolute atomic E-state index is 0. The Morgan fingerprint density at radius 2 is 0.267 bits per heavy atom. The van der Waals surface area contributed by atoms with Crippen LogP contribution in [0.15, 0.2) is 0 Å². The van der Waals surface area contributed by atoms with Crippen LogP contribution < -0.4 is 0 Å². The van der Waals surface area contributed by atoms with E-state index in [1.807, 2.05) is 0 Å². The second-order valence-electron chi connectivity index (χ2n) is 0. The molecule has 0 radical (unpaired) electrons. The summed E-state index contributed by atoms with van der Waals surface area (Å²) in [4.78, 5) is 0. The Hall–Kier alpha value is -1.07. The fourth-order valence-corrected chi connectivity index (χ4v) is 0. The molecule has 6 nitrogen and oxygen atoms in total. The molecule has 0 unspecified atom stereocenters. The van der Waals surface area contributed by atoms with Crippen molar-refractivity contribution in [2.75, 3.05) is 0 Å². The molecule has 0 rings (SSSR count). The Kier molecular flexibility index (Phi) is 10200. The molecule has 0 fully saturated rings. The van der Waals surface area contributed by atoms with Crippen molar-refractivity contribution in [2.45, 2.75) is 0 Å². The van der Waals surface area contributed by atoms with E-state index in [2.05, 4.69) is 0 Å². The molecular weight excluding hydrogens is 475 g/mol. The van der Waals surface area contributed by atoms with Crippen LogP contribution in [0.2, 0.25) is 0 Å². The fraction of sp³-hybridized carbons (Fsp3) is 0. The average Bonchev–Trinajstić information content (AvgIpc) is 2.33. The van der Waals surface area contributed by atoms with Crippen molar-refractivity contribution in [1.29, 1.82) is 31.6 Å². The summed E-state index contributed by atoms with van der Waals surface area (Å²) in [6.07, 6.45) is 0. The summed E-state index contributed by atoms with van der Waals surface area (Å²) in [5.41, 5.74) is 0. The van der Waals surface area contributed by atoms with E-state index in [1.54, 1.807) is 0 Å². The molecule has 15 heavy (non-hydrogen) atoms. The summed E-state index contributed by atoms with van der Waals surface area (Å²) < 4.78 is 0. The van der Waals surface area contributed by atoms with Crippen LogP contribution in [0.5, 0.6) is 0 Å². The van der Waals surface area contributed by atoms with E-state index < -0.39 is 0 Å². The molecule has 0 amide bonds. The van der Waals surface area contributed by atoms with Crippen molar-refractivity contribution < 1.29 is 61.3 Å². The normalized spacial score (nSPS) is 0.800. The zero-order chi connectivity index (χ0) is 12.0. The summed E-state index contributed by atoms with van der Waals surface area (Å²) in [5.74, 6) is 0. The molecule has 0 aliphatic rings. The van der Waals surface area contributed by atoms with E-state index in [4.69, 9.17) is 71.0 Å². The third-order valence-electron chi connectivity index (χ3n) is 0. The Morgan fingerprint density at radius 1 is 0.267 bits per heavy atom. The molecule has 0 aliphatic heterocycles. The minimum Gasteiger partial charge on any atom is -0.512 e. The van der Waals surface area contributed by atoms with Crippen molar-refractivity contribution in [2.24, 2.45) is 0 Å².